The first kappa shape index (κ1) is 22.9. The lowest BCUT2D eigenvalue weighted by Crippen LogP contribution is -2.27. The molecule has 1 N–H and O–H groups in total. The van der Waals surface area contributed by atoms with Crippen LogP contribution < -0.4 is 0 Å². The van der Waals surface area contributed by atoms with E-state index in [9.17, 15) is 8.42 Å². The van der Waals surface area contributed by atoms with Crippen LogP contribution in [0.3, 0.4) is 0 Å². The maximum atomic E-state index is 9.19. The number of likely N-dealkylation sites (tertiary alicyclic amines) is 1. The highest BCUT2D eigenvalue weighted by molar-refractivity contribution is 7.85. The highest BCUT2D eigenvalue weighted by Crippen LogP contribution is 2.17. The molecule has 140 valence electrons. The summed E-state index contributed by atoms with van der Waals surface area (Å²) in [6.07, 6.45) is 18.1. The van der Waals surface area contributed by atoms with E-state index in [-0.39, 0.29) is 0 Å². The van der Waals surface area contributed by atoms with Crippen LogP contribution in [0.1, 0.15) is 90.9 Å². The average Bonchev–Trinajstić information content (AvgIpc) is 2.85. The Labute approximate surface area is 144 Å². The molecule has 0 bridgehead atoms. The summed E-state index contributed by atoms with van der Waals surface area (Å²) in [5, 5.41) is 0. The van der Waals surface area contributed by atoms with Gasteiger partial charge in [0, 0.05) is 6.04 Å². The Kier molecular flexibility index (Phi) is 14.2. The number of unbranched alkanes of at least 4 members (excludes halogenated alkanes) is 9. The van der Waals surface area contributed by atoms with Gasteiger partial charge in [-0.3, -0.25) is 4.55 Å². The van der Waals surface area contributed by atoms with Crippen molar-refractivity contribution in [2.24, 2.45) is 0 Å². The van der Waals surface area contributed by atoms with Crippen molar-refractivity contribution in [3.05, 3.63) is 0 Å². The first-order chi connectivity index (χ1) is 10.8. The van der Waals surface area contributed by atoms with E-state index in [1.54, 1.807) is 0 Å². The second-order valence-corrected chi connectivity index (χ2v) is 8.41. The molecule has 0 aromatic heterocycles. The zero-order chi connectivity index (χ0) is 17.6. The van der Waals surface area contributed by atoms with Gasteiger partial charge >= 0.3 is 0 Å². The number of rotatable bonds is 11. The second kappa shape index (κ2) is 14.2. The van der Waals surface area contributed by atoms with Gasteiger partial charge in [-0.05, 0) is 39.3 Å². The summed E-state index contributed by atoms with van der Waals surface area (Å²) in [4.78, 5) is 2.69. The summed E-state index contributed by atoms with van der Waals surface area (Å²) < 4.78 is 25.9. The molecule has 1 atom stereocenters. The quantitative estimate of drug-likeness (QED) is 0.426. The van der Waals surface area contributed by atoms with Crippen LogP contribution >= 0.6 is 0 Å². The molecule has 1 aliphatic rings. The minimum absolute atomic E-state index is 0.715. The molecule has 5 heteroatoms. The van der Waals surface area contributed by atoms with E-state index in [2.05, 4.69) is 18.7 Å². The van der Waals surface area contributed by atoms with E-state index >= 15 is 0 Å². The standard InChI is InChI=1S/C17H35N.CH4O3S/c1-3-4-5-6-7-8-9-10-11-12-15-18-16-13-14-17(18)2;1-5(2,3)4/h17H,3-16H2,1-2H3;1H3,(H,2,3,4). The van der Waals surface area contributed by atoms with Crippen LogP contribution in [0.5, 0.6) is 0 Å². The Balaban J connectivity index is 0.000000841. The van der Waals surface area contributed by atoms with Gasteiger partial charge in [0.25, 0.3) is 10.1 Å². The zero-order valence-corrected chi connectivity index (χ0v) is 16.4. The van der Waals surface area contributed by atoms with E-state index in [0.29, 0.717) is 6.26 Å². The molecule has 0 aliphatic carbocycles. The highest BCUT2D eigenvalue weighted by Gasteiger charge is 2.18. The fourth-order valence-electron chi connectivity index (χ4n) is 3.13. The molecule has 1 saturated heterocycles. The van der Waals surface area contributed by atoms with Crippen molar-refractivity contribution < 1.29 is 13.0 Å². The van der Waals surface area contributed by atoms with Gasteiger partial charge < -0.3 is 4.90 Å². The molecule has 0 spiro atoms. The van der Waals surface area contributed by atoms with Gasteiger partial charge in [-0.25, -0.2) is 0 Å². The fourth-order valence-corrected chi connectivity index (χ4v) is 3.13. The molecule has 1 fully saturated rings. The number of hydrogen-bond donors (Lipinski definition) is 1. The largest absolute Gasteiger partial charge is 0.301 e. The summed E-state index contributed by atoms with van der Waals surface area (Å²) in [5.41, 5.74) is 0. The molecule has 0 amide bonds. The van der Waals surface area contributed by atoms with Gasteiger partial charge in [0.15, 0.2) is 0 Å². The minimum Gasteiger partial charge on any atom is -0.301 e. The van der Waals surface area contributed by atoms with Crippen molar-refractivity contribution in [3.63, 3.8) is 0 Å². The molecule has 0 saturated carbocycles. The van der Waals surface area contributed by atoms with Crippen molar-refractivity contribution in [3.8, 4) is 0 Å². The molecule has 23 heavy (non-hydrogen) atoms. The topological polar surface area (TPSA) is 57.6 Å². The van der Waals surface area contributed by atoms with Crippen LogP contribution in [0.4, 0.5) is 0 Å². The van der Waals surface area contributed by atoms with Crippen molar-refractivity contribution in [1.82, 2.24) is 4.90 Å². The maximum Gasteiger partial charge on any atom is 0.261 e. The summed E-state index contributed by atoms with van der Waals surface area (Å²) in [7, 11) is -3.67. The first-order valence-corrected chi connectivity index (χ1v) is 11.4. The van der Waals surface area contributed by atoms with Crippen LogP contribution in [0.2, 0.25) is 0 Å². The van der Waals surface area contributed by atoms with Crippen molar-refractivity contribution in [2.45, 2.75) is 96.9 Å². The maximum absolute atomic E-state index is 9.19. The molecule has 1 aliphatic heterocycles. The highest BCUT2D eigenvalue weighted by atomic mass is 32.2. The molecular formula is C18H39NO3S. The third-order valence-corrected chi connectivity index (χ3v) is 4.49. The SMILES string of the molecule is CCCCCCCCCCCCN1CCCC1C.CS(=O)(=O)O. The predicted octanol–water partition coefficient (Wildman–Crippen LogP) is 4.90. The lowest BCUT2D eigenvalue weighted by atomic mass is 10.1. The number of nitrogens with zero attached hydrogens (tertiary/aromatic N) is 1. The zero-order valence-electron chi connectivity index (χ0n) is 15.6. The molecule has 1 rings (SSSR count). The smallest absolute Gasteiger partial charge is 0.261 e. The van der Waals surface area contributed by atoms with E-state index in [1.165, 1.54) is 90.1 Å². The van der Waals surface area contributed by atoms with Gasteiger partial charge in [-0.15, -0.1) is 0 Å². The molecule has 4 nitrogen and oxygen atoms in total. The average molecular weight is 350 g/mol. The monoisotopic (exact) mass is 349 g/mol. The Bertz CT molecular complexity index is 349. The summed E-state index contributed by atoms with van der Waals surface area (Å²) >= 11 is 0. The van der Waals surface area contributed by atoms with Crippen LogP contribution in [0.15, 0.2) is 0 Å². The molecule has 0 aromatic rings. The lowest BCUT2D eigenvalue weighted by molar-refractivity contribution is 0.262. The van der Waals surface area contributed by atoms with Gasteiger partial charge in [0.1, 0.15) is 0 Å². The van der Waals surface area contributed by atoms with Crippen LogP contribution in [0.25, 0.3) is 0 Å². The summed E-state index contributed by atoms with van der Waals surface area (Å²) in [6, 6.07) is 0.864. The molecular weight excluding hydrogens is 310 g/mol. The first-order valence-electron chi connectivity index (χ1n) is 9.51. The Morgan fingerprint density at radius 2 is 1.39 bits per heavy atom. The van der Waals surface area contributed by atoms with Gasteiger partial charge in [0.2, 0.25) is 0 Å². The Morgan fingerprint density at radius 1 is 0.957 bits per heavy atom. The molecule has 1 unspecified atom stereocenters. The Morgan fingerprint density at radius 3 is 1.78 bits per heavy atom. The minimum atomic E-state index is -3.67. The number of hydrogen-bond acceptors (Lipinski definition) is 3. The third-order valence-electron chi connectivity index (χ3n) is 4.49. The van der Waals surface area contributed by atoms with E-state index in [4.69, 9.17) is 4.55 Å². The second-order valence-electron chi connectivity index (χ2n) is 6.94. The normalized spacial score (nSPS) is 18.7. The van der Waals surface area contributed by atoms with Crippen LogP contribution in [0, 0.1) is 0 Å². The Hall–Kier alpha value is -0.130. The van der Waals surface area contributed by atoms with Crippen molar-refractivity contribution in [2.75, 3.05) is 19.3 Å². The predicted molar refractivity (Wildman–Crippen MR) is 99.6 cm³/mol. The van der Waals surface area contributed by atoms with Crippen molar-refractivity contribution >= 4 is 10.1 Å². The molecule has 0 radical (unpaired) electrons. The summed E-state index contributed by atoms with van der Waals surface area (Å²) in [6.45, 7) is 7.40. The molecule has 1 heterocycles. The van der Waals surface area contributed by atoms with Crippen LogP contribution in [-0.4, -0.2) is 43.3 Å². The van der Waals surface area contributed by atoms with E-state index in [0.717, 1.165) is 6.04 Å². The summed E-state index contributed by atoms with van der Waals surface area (Å²) in [5.74, 6) is 0. The van der Waals surface area contributed by atoms with E-state index < -0.39 is 10.1 Å². The van der Waals surface area contributed by atoms with E-state index in [1.807, 2.05) is 0 Å². The fraction of sp³-hybridized carbons (Fsp3) is 1.00. The van der Waals surface area contributed by atoms with Crippen molar-refractivity contribution in [1.29, 1.82) is 0 Å². The lowest BCUT2D eigenvalue weighted by Gasteiger charge is -2.20. The molecule has 0 aromatic carbocycles. The van der Waals surface area contributed by atoms with Gasteiger partial charge in [-0.2, -0.15) is 8.42 Å². The third kappa shape index (κ3) is 18.1. The van der Waals surface area contributed by atoms with Crippen LogP contribution in [-0.2, 0) is 10.1 Å². The van der Waals surface area contributed by atoms with Gasteiger partial charge in [-0.1, -0.05) is 64.7 Å². The van der Waals surface area contributed by atoms with Gasteiger partial charge in [0.05, 0.1) is 6.26 Å².